The summed E-state index contributed by atoms with van der Waals surface area (Å²) in [5.74, 6) is -10.5. The summed E-state index contributed by atoms with van der Waals surface area (Å²) < 4.78 is 52.2. The van der Waals surface area contributed by atoms with Gasteiger partial charge in [0.05, 0.1) is 5.56 Å². The SMILES string of the molecule is CCCCC(NC(=O)c1cc(F)c(F)c(F)c1F)C(=O)O. The lowest BCUT2D eigenvalue weighted by Crippen LogP contribution is -2.41. The van der Waals surface area contributed by atoms with E-state index in [1.165, 1.54) is 0 Å². The first-order valence-electron chi connectivity index (χ1n) is 6.16. The van der Waals surface area contributed by atoms with E-state index in [0.29, 0.717) is 12.8 Å². The zero-order valence-electron chi connectivity index (χ0n) is 11.1. The Kier molecular flexibility index (Phi) is 5.69. The van der Waals surface area contributed by atoms with Crippen LogP contribution in [0, 0.1) is 23.3 Å². The Labute approximate surface area is 117 Å². The highest BCUT2D eigenvalue weighted by molar-refractivity contribution is 5.96. The van der Waals surface area contributed by atoms with Crippen molar-refractivity contribution in [2.24, 2.45) is 0 Å². The Hall–Kier alpha value is -2.12. The molecular formula is C13H13F4NO3. The molecule has 0 saturated heterocycles. The van der Waals surface area contributed by atoms with Crippen LogP contribution in [0.1, 0.15) is 36.5 Å². The summed E-state index contributed by atoms with van der Waals surface area (Å²) in [5, 5.41) is 10.8. The summed E-state index contributed by atoms with van der Waals surface area (Å²) in [7, 11) is 0. The standard InChI is InChI=1S/C13H13F4NO3/c1-2-3-4-8(13(20)21)18-12(19)6-5-7(14)10(16)11(17)9(6)15/h5,8H,2-4H2,1H3,(H,18,19)(H,20,21). The molecule has 0 aromatic heterocycles. The quantitative estimate of drug-likeness (QED) is 0.482. The van der Waals surface area contributed by atoms with Gasteiger partial charge in [-0.15, -0.1) is 0 Å². The van der Waals surface area contributed by atoms with Gasteiger partial charge >= 0.3 is 5.97 Å². The van der Waals surface area contributed by atoms with Gasteiger partial charge < -0.3 is 10.4 Å². The number of carbonyl (C=O) groups excluding carboxylic acids is 1. The van der Waals surface area contributed by atoms with Gasteiger partial charge in [0.2, 0.25) is 0 Å². The molecule has 8 heteroatoms. The molecule has 0 bridgehead atoms. The van der Waals surface area contributed by atoms with Crippen LogP contribution >= 0.6 is 0 Å². The molecule has 21 heavy (non-hydrogen) atoms. The van der Waals surface area contributed by atoms with Crippen molar-refractivity contribution in [3.63, 3.8) is 0 Å². The smallest absolute Gasteiger partial charge is 0.326 e. The van der Waals surface area contributed by atoms with Crippen molar-refractivity contribution in [2.75, 3.05) is 0 Å². The van der Waals surface area contributed by atoms with Crippen LogP contribution in [0.3, 0.4) is 0 Å². The van der Waals surface area contributed by atoms with Crippen LogP contribution in [0.2, 0.25) is 0 Å². The molecule has 0 aliphatic heterocycles. The maximum Gasteiger partial charge on any atom is 0.326 e. The second-order valence-electron chi connectivity index (χ2n) is 4.35. The molecule has 0 aliphatic carbocycles. The molecule has 0 saturated carbocycles. The first-order chi connectivity index (χ1) is 9.79. The molecule has 1 unspecified atom stereocenters. The Morgan fingerprint density at radius 3 is 2.33 bits per heavy atom. The Balaban J connectivity index is 3.00. The van der Waals surface area contributed by atoms with Gasteiger partial charge in [-0.3, -0.25) is 4.79 Å². The number of nitrogens with one attached hydrogen (secondary N) is 1. The van der Waals surface area contributed by atoms with Crippen LogP contribution in [0.5, 0.6) is 0 Å². The largest absolute Gasteiger partial charge is 0.480 e. The number of amides is 1. The van der Waals surface area contributed by atoms with Gasteiger partial charge in [-0.1, -0.05) is 19.8 Å². The van der Waals surface area contributed by atoms with Crippen molar-refractivity contribution in [1.82, 2.24) is 5.32 Å². The molecule has 2 N–H and O–H groups in total. The number of carboxylic acids is 1. The molecule has 1 aromatic carbocycles. The molecular weight excluding hydrogens is 294 g/mol. The molecule has 0 fully saturated rings. The van der Waals surface area contributed by atoms with E-state index in [1.54, 1.807) is 6.92 Å². The third-order valence-electron chi connectivity index (χ3n) is 2.80. The number of carboxylic acid groups (broad SMARTS) is 1. The molecule has 1 aromatic rings. The van der Waals surface area contributed by atoms with Crippen LogP contribution in [0.15, 0.2) is 6.07 Å². The minimum atomic E-state index is -2.12. The van der Waals surface area contributed by atoms with Gasteiger partial charge in [0.1, 0.15) is 6.04 Å². The number of unbranched alkanes of at least 4 members (excludes halogenated alkanes) is 1. The third-order valence-corrected chi connectivity index (χ3v) is 2.80. The summed E-state index contributed by atoms with van der Waals surface area (Å²) in [4.78, 5) is 22.6. The summed E-state index contributed by atoms with van der Waals surface area (Å²) in [5.41, 5.74) is -1.09. The van der Waals surface area contributed by atoms with Crippen molar-refractivity contribution < 1.29 is 32.3 Å². The van der Waals surface area contributed by atoms with E-state index >= 15 is 0 Å². The molecule has 4 nitrogen and oxygen atoms in total. The van der Waals surface area contributed by atoms with Crippen LogP contribution < -0.4 is 5.32 Å². The lowest BCUT2D eigenvalue weighted by molar-refractivity contribution is -0.139. The number of benzene rings is 1. The average Bonchev–Trinajstić information content (AvgIpc) is 2.44. The normalized spacial score (nSPS) is 12.0. The van der Waals surface area contributed by atoms with Crippen LogP contribution in [0.25, 0.3) is 0 Å². The number of rotatable bonds is 6. The van der Waals surface area contributed by atoms with E-state index in [-0.39, 0.29) is 12.5 Å². The van der Waals surface area contributed by atoms with Gasteiger partial charge in [0.15, 0.2) is 23.3 Å². The van der Waals surface area contributed by atoms with Crippen LogP contribution in [0.4, 0.5) is 17.6 Å². The second-order valence-corrected chi connectivity index (χ2v) is 4.35. The fourth-order valence-corrected chi connectivity index (χ4v) is 1.64. The lowest BCUT2D eigenvalue weighted by atomic mass is 10.1. The molecule has 0 heterocycles. The van der Waals surface area contributed by atoms with Crippen molar-refractivity contribution in [3.8, 4) is 0 Å². The van der Waals surface area contributed by atoms with E-state index in [0.717, 1.165) is 0 Å². The molecule has 1 amide bonds. The second kappa shape index (κ2) is 7.05. The monoisotopic (exact) mass is 307 g/mol. The predicted octanol–water partition coefficient (Wildman–Crippen LogP) is 2.62. The third kappa shape index (κ3) is 3.93. The predicted molar refractivity (Wildman–Crippen MR) is 64.7 cm³/mol. The van der Waals surface area contributed by atoms with E-state index in [4.69, 9.17) is 5.11 Å². The zero-order valence-corrected chi connectivity index (χ0v) is 11.1. The average molecular weight is 307 g/mol. The molecule has 1 rings (SSSR count). The highest BCUT2D eigenvalue weighted by Gasteiger charge is 2.26. The van der Waals surface area contributed by atoms with Gasteiger partial charge in [0, 0.05) is 0 Å². The molecule has 0 radical (unpaired) electrons. The number of hydrogen-bond donors (Lipinski definition) is 2. The fourth-order valence-electron chi connectivity index (χ4n) is 1.64. The highest BCUT2D eigenvalue weighted by atomic mass is 19.2. The molecule has 1 atom stereocenters. The van der Waals surface area contributed by atoms with Crippen molar-refractivity contribution in [2.45, 2.75) is 32.2 Å². The van der Waals surface area contributed by atoms with E-state index in [2.05, 4.69) is 0 Å². The first-order valence-corrected chi connectivity index (χ1v) is 6.16. The first kappa shape index (κ1) is 16.9. The Bertz CT molecular complexity index is 563. The Morgan fingerprint density at radius 2 is 1.81 bits per heavy atom. The van der Waals surface area contributed by atoms with Crippen LogP contribution in [-0.4, -0.2) is 23.0 Å². The Morgan fingerprint density at radius 1 is 1.19 bits per heavy atom. The summed E-state index contributed by atoms with van der Waals surface area (Å²) in [6.45, 7) is 1.80. The van der Waals surface area contributed by atoms with Gasteiger partial charge in [0.25, 0.3) is 5.91 Å². The van der Waals surface area contributed by atoms with E-state index in [9.17, 15) is 27.2 Å². The van der Waals surface area contributed by atoms with Gasteiger partial charge in [-0.25, -0.2) is 22.4 Å². The zero-order chi connectivity index (χ0) is 16.2. The maximum absolute atomic E-state index is 13.4. The molecule has 116 valence electrons. The van der Waals surface area contributed by atoms with Crippen LogP contribution in [-0.2, 0) is 4.79 Å². The minimum Gasteiger partial charge on any atom is -0.480 e. The van der Waals surface area contributed by atoms with Crippen molar-refractivity contribution in [1.29, 1.82) is 0 Å². The molecule has 0 spiro atoms. The molecule has 0 aliphatic rings. The number of halogens is 4. The lowest BCUT2D eigenvalue weighted by Gasteiger charge is -2.14. The summed E-state index contributed by atoms with van der Waals surface area (Å²) in [6.07, 6.45) is 1.21. The number of carbonyl (C=O) groups is 2. The van der Waals surface area contributed by atoms with Crippen molar-refractivity contribution >= 4 is 11.9 Å². The van der Waals surface area contributed by atoms with Crippen molar-refractivity contribution in [3.05, 3.63) is 34.9 Å². The minimum absolute atomic E-state index is 0.0748. The number of aliphatic carboxylic acids is 1. The van der Waals surface area contributed by atoms with Gasteiger partial charge in [-0.05, 0) is 12.5 Å². The van der Waals surface area contributed by atoms with Gasteiger partial charge in [-0.2, -0.15) is 0 Å². The van der Waals surface area contributed by atoms with E-state index in [1.807, 2.05) is 5.32 Å². The van der Waals surface area contributed by atoms with E-state index < -0.39 is 46.8 Å². The topological polar surface area (TPSA) is 66.4 Å². The highest BCUT2D eigenvalue weighted by Crippen LogP contribution is 2.19. The summed E-state index contributed by atoms with van der Waals surface area (Å²) in [6, 6.07) is -1.14. The fraction of sp³-hybridized carbons (Fsp3) is 0.385. The summed E-state index contributed by atoms with van der Waals surface area (Å²) >= 11 is 0. The number of hydrogen-bond acceptors (Lipinski definition) is 2. The maximum atomic E-state index is 13.4.